The Labute approximate surface area is 149 Å². The van der Waals surface area contributed by atoms with E-state index < -0.39 is 12.2 Å². The zero-order chi connectivity index (χ0) is 18.9. The normalized spacial score (nSPS) is 10.3. The van der Waals surface area contributed by atoms with Crippen LogP contribution in [0.5, 0.6) is 5.75 Å². The number of hydrogen-bond donors (Lipinski definition) is 2. The van der Waals surface area contributed by atoms with E-state index in [2.05, 4.69) is 35.3 Å². The lowest BCUT2D eigenvalue weighted by molar-refractivity contribution is 0.186. The number of anilines is 2. The third-order valence-corrected chi connectivity index (χ3v) is 3.05. The van der Waals surface area contributed by atoms with Crippen molar-refractivity contribution in [2.24, 2.45) is 10.2 Å². The molecule has 2 rings (SSSR count). The molecule has 0 aliphatic carbocycles. The number of ether oxygens (including phenoxy) is 3. The number of methoxy groups -OCH3 is 3. The summed E-state index contributed by atoms with van der Waals surface area (Å²) in [5, 5.41) is 13.0. The summed E-state index contributed by atoms with van der Waals surface area (Å²) in [4.78, 5) is 26.9. The average molecular weight is 359 g/mol. The van der Waals surface area contributed by atoms with E-state index in [1.165, 1.54) is 33.5 Å². The largest absolute Gasteiger partial charge is 0.494 e. The molecule has 26 heavy (non-hydrogen) atoms. The summed E-state index contributed by atoms with van der Waals surface area (Å²) >= 11 is 0. The Hall–Kier alpha value is -3.69. The summed E-state index contributed by atoms with van der Waals surface area (Å²) in [7, 11) is 3.95. The van der Waals surface area contributed by atoms with E-state index in [4.69, 9.17) is 4.74 Å². The fraction of sp³-hybridized carbons (Fsp3) is 0.188. The molecule has 0 spiro atoms. The number of carbonyl (C=O) groups is 2. The standard InChI is InChI=1S/C16H17N5O5/c1-24-12-7-5-4-6-10(12)20-21-11-8-9-13(18-15(22)25-2)17-14(11)19-16(23)26-3/h4-9H,1-3H3,(H2,17,18,19,22,23)/b21-20+. The molecule has 10 heteroatoms. The number of amides is 2. The zero-order valence-electron chi connectivity index (χ0n) is 14.3. The van der Waals surface area contributed by atoms with Gasteiger partial charge < -0.3 is 14.2 Å². The molecular formula is C16H17N5O5. The van der Waals surface area contributed by atoms with Crippen LogP contribution in [0.1, 0.15) is 0 Å². The molecule has 136 valence electrons. The fourth-order valence-electron chi connectivity index (χ4n) is 1.82. The molecule has 0 saturated carbocycles. The monoisotopic (exact) mass is 359 g/mol. The van der Waals surface area contributed by atoms with Crippen LogP contribution in [-0.2, 0) is 9.47 Å². The first kappa shape index (κ1) is 18.6. The lowest BCUT2D eigenvalue weighted by Crippen LogP contribution is -2.15. The molecule has 1 aromatic carbocycles. The molecule has 1 aromatic heterocycles. The van der Waals surface area contributed by atoms with Crippen LogP contribution >= 0.6 is 0 Å². The molecule has 0 saturated heterocycles. The van der Waals surface area contributed by atoms with E-state index in [0.717, 1.165) is 0 Å². The van der Waals surface area contributed by atoms with Crippen LogP contribution in [0.15, 0.2) is 46.6 Å². The third kappa shape index (κ3) is 4.90. The van der Waals surface area contributed by atoms with Crippen molar-refractivity contribution in [3.8, 4) is 5.75 Å². The summed E-state index contributed by atoms with van der Waals surface area (Å²) < 4.78 is 14.3. The molecule has 2 aromatic rings. The van der Waals surface area contributed by atoms with Crippen molar-refractivity contribution in [1.82, 2.24) is 4.98 Å². The van der Waals surface area contributed by atoms with Gasteiger partial charge in [0.15, 0.2) is 5.82 Å². The molecule has 2 amide bonds. The van der Waals surface area contributed by atoms with Gasteiger partial charge in [-0.1, -0.05) is 12.1 Å². The number of aromatic nitrogens is 1. The summed E-state index contributed by atoms with van der Waals surface area (Å²) in [6.45, 7) is 0. The van der Waals surface area contributed by atoms with Crippen LogP contribution in [0.2, 0.25) is 0 Å². The van der Waals surface area contributed by atoms with Gasteiger partial charge in [-0.25, -0.2) is 14.6 Å². The number of benzene rings is 1. The van der Waals surface area contributed by atoms with Gasteiger partial charge in [-0.2, -0.15) is 0 Å². The van der Waals surface area contributed by atoms with Gasteiger partial charge in [-0.05, 0) is 24.3 Å². The van der Waals surface area contributed by atoms with Gasteiger partial charge in [0.05, 0.1) is 21.3 Å². The Morgan fingerprint density at radius 3 is 2.23 bits per heavy atom. The fourth-order valence-corrected chi connectivity index (χ4v) is 1.82. The van der Waals surface area contributed by atoms with E-state index >= 15 is 0 Å². The molecule has 0 bridgehead atoms. The molecule has 0 fully saturated rings. The lowest BCUT2D eigenvalue weighted by atomic mass is 10.3. The highest BCUT2D eigenvalue weighted by Gasteiger charge is 2.12. The maximum absolute atomic E-state index is 11.5. The van der Waals surface area contributed by atoms with Crippen molar-refractivity contribution in [2.45, 2.75) is 0 Å². The Bertz CT molecular complexity index is 824. The highest BCUT2D eigenvalue weighted by atomic mass is 16.5. The van der Waals surface area contributed by atoms with Crippen molar-refractivity contribution < 1.29 is 23.8 Å². The predicted octanol–water partition coefficient (Wildman–Crippen LogP) is 3.86. The molecule has 0 unspecified atom stereocenters. The second-order valence-electron chi connectivity index (χ2n) is 4.67. The maximum atomic E-state index is 11.5. The van der Waals surface area contributed by atoms with E-state index in [0.29, 0.717) is 11.4 Å². The second-order valence-corrected chi connectivity index (χ2v) is 4.67. The second kappa shape index (κ2) is 8.97. The first-order valence-electron chi connectivity index (χ1n) is 7.33. The number of carbonyl (C=O) groups excluding carboxylic acids is 2. The molecule has 0 aliphatic heterocycles. The van der Waals surface area contributed by atoms with Crippen LogP contribution in [0.25, 0.3) is 0 Å². The SMILES string of the molecule is COC(=O)Nc1ccc(/N=N/c2ccccc2OC)c(NC(=O)OC)n1. The average Bonchev–Trinajstić information content (AvgIpc) is 2.67. The Morgan fingerprint density at radius 2 is 1.54 bits per heavy atom. The molecular weight excluding hydrogens is 342 g/mol. The molecule has 0 aliphatic rings. The highest BCUT2D eigenvalue weighted by Crippen LogP contribution is 2.31. The van der Waals surface area contributed by atoms with Gasteiger partial charge in [0.2, 0.25) is 0 Å². The van der Waals surface area contributed by atoms with Crippen molar-refractivity contribution in [3.63, 3.8) is 0 Å². The molecule has 1 heterocycles. The minimum atomic E-state index is -0.749. The minimum absolute atomic E-state index is 0.0457. The number of hydrogen-bond acceptors (Lipinski definition) is 8. The van der Waals surface area contributed by atoms with Crippen LogP contribution < -0.4 is 15.4 Å². The molecule has 0 radical (unpaired) electrons. The van der Waals surface area contributed by atoms with Crippen molar-refractivity contribution in [2.75, 3.05) is 32.0 Å². The Morgan fingerprint density at radius 1 is 0.885 bits per heavy atom. The van der Waals surface area contributed by atoms with E-state index in [1.807, 2.05) is 0 Å². The third-order valence-electron chi connectivity index (χ3n) is 3.05. The number of azo groups is 1. The van der Waals surface area contributed by atoms with Crippen LogP contribution in [-0.4, -0.2) is 38.5 Å². The van der Waals surface area contributed by atoms with E-state index in [-0.39, 0.29) is 17.3 Å². The lowest BCUT2D eigenvalue weighted by Gasteiger charge is -2.09. The van der Waals surface area contributed by atoms with Crippen LogP contribution in [0.3, 0.4) is 0 Å². The van der Waals surface area contributed by atoms with Gasteiger partial charge in [-0.15, -0.1) is 10.2 Å². The van der Waals surface area contributed by atoms with Gasteiger partial charge >= 0.3 is 12.2 Å². The zero-order valence-corrected chi connectivity index (χ0v) is 14.3. The van der Waals surface area contributed by atoms with E-state index in [1.54, 1.807) is 24.3 Å². The summed E-state index contributed by atoms with van der Waals surface area (Å²) in [5.41, 5.74) is 0.743. The number of pyridine rings is 1. The van der Waals surface area contributed by atoms with E-state index in [9.17, 15) is 9.59 Å². The first-order chi connectivity index (χ1) is 12.6. The van der Waals surface area contributed by atoms with Crippen molar-refractivity contribution >= 4 is 35.2 Å². The van der Waals surface area contributed by atoms with Crippen molar-refractivity contribution in [1.29, 1.82) is 0 Å². The van der Waals surface area contributed by atoms with Gasteiger partial charge in [-0.3, -0.25) is 10.6 Å². The summed E-state index contributed by atoms with van der Waals surface area (Å²) in [6.07, 6.45) is -1.45. The van der Waals surface area contributed by atoms with Crippen molar-refractivity contribution in [3.05, 3.63) is 36.4 Å². The number of nitrogens with one attached hydrogen (secondary N) is 2. The highest BCUT2D eigenvalue weighted by molar-refractivity contribution is 5.89. The predicted molar refractivity (Wildman–Crippen MR) is 93.5 cm³/mol. The molecule has 0 atom stereocenters. The van der Waals surface area contributed by atoms with Crippen LogP contribution in [0, 0.1) is 0 Å². The van der Waals surface area contributed by atoms with Gasteiger partial charge in [0.25, 0.3) is 0 Å². The topological polar surface area (TPSA) is 124 Å². The van der Waals surface area contributed by atoms with Gasteiger partial charge in [0.1, 0.15) is 22.9 Å². The first-order valence-corrected chi connectivity index (χ1v) is 7.33. The number of rotatable bonds is 5. The molecule has 2 N–H and O–H groups in total. The summed E-state index contributed by atoms with van der Waals surface area (Å²) in [6, 6.07) is 10.0. The summed E-state index contributed by atoms with van der Waals surface area (Å²) in [5.74, 6) is 0.736. The van der Waals surface area contributed by atoms with Gasteiger partial charge in [0, 0.05) is 0 Å². The Balaban J connectivity index is 2.34. The number of para-hydroxylation sites is 1. The quantitative estimate of drug-likeness (QED) is 0.781. The smallest absolute Gasteiger partial charge is 0.412 e. The number of nitrogens with zero attached hydrogens (tertiary/aromatic N) is 3. The Kier molecular flexibility index (Phi) is 6.43. The van der Waals surface area contributed by atoms with Crippen LogP contribution in [0.4, 0.5) is 32.6 Å². The molecule has 10 nitrogen and oxygen atoms in total. The minimum Gasteiger partial charge on any atom is -0.494 e. The maximum Gasteiger partial charge on any atom is 0.412 e.